The molecule has 0 saturated heterocycles. The van der Waals surface area contributed by atoms with E-state index in [1.807, 2.05) is 6.92 Å². The molecule has 0 heterocycles. The molecule has 0 fully saturated rings. The minimum absolute atomic E-state index is 0.307. The summed E-state index contributed by atoms with van der Waals surface area (Å²) < 4.78 is 4.77. The Morgan fingerprint density at radius 1 is 2.00 bits per heavy atom. The molecule has 3 heteroatoms. The SMILES string of the molecule is C=C=CC(=O)O[SiH2]CC. The predicted octanol–water partition coefficient (Wildman–Crippen LogP) is 0.393. The summed E-state index contributed by atoms with van der Waals surface area (Å²) in [6.07, 6.45) is 1.21. The van der Waals surface area contributed by atoms with E-state index in [0.29, 0.717) is 0 Å². The number of rotatable bonds is 3. The minimum Gasteiger partial charge on any atom is -0.521 e. The first kappa shape index (κ1) is 8.21. The second-order valence-electron chi connectivity index (χ2n) is 1.52. The van der Waals surface area contributed by atoms with E-state index in [4.69, 9.17) is 4.43 Å². The monoisotopic (exact) mass is 142 g/mol. The third kappa shape index (κ3) is 5.07. The molecule has 0 aromatic heterocycles. The van der Waals surface area contributed by atoms with E-state index < -0.39 is 9.76 Å². The van der Waals surface area contributed by atoms with Crippen LogP contribution in [0.1, 0.15) is 6.92 Å². The van der Waals surface area contributed by atoms with Crippen LogP contribution in [0.2, 0.25) is 6.04 Å². The highest BCUT2D eigenvalue weighted by Crippen LogP contribution is 1.80. The van der Waals surface area contributed by atoms with E-state index in [2.05, 4.69) is 12.3 Å². The fourth-order valence-electron chi connectivity index (χ4n) is 0.328. The lowest BCUT2D eigenvalue weighted by molar-refractivity contribution is -0.128. The van der Waals surface area contributed by atoms with Gasteiger partial charge in [0.05, 0.1) is 6.08 Å². The maximum absolute atomic E-state index is 10.5. The predicted molar refractivity (Wildman–Crippen MR) is 38.8 cm³/mol. The molecule has 0 saturated carbocycles. The van der Waals surface area contributed by atoms with Crippen molar-refractivity contribution in [3.8, 4) is 0 Å². The molecular weight excluding hydrogens is 132 g/mol. The number of carbonyl (C=O) groups excluding carboxylic acids is 1. The maximum atomic E-state index is 10.5. The van der Waals surface area contributed by atoms with Crippen LogP contribution >= 0.6 is 0 Å². The van der Waals surface area contributed by atoms with Gasteiger partial charge in [-0.25, -0.2) is 4.79 Å². The van der Waals surface area contributed by atoms with Crippen LogP contribution in [0.15, 0.2) is 18.4 Å². The third-order valence-corrected chi connectivity index (χ3v) is 1.57. The van der Waals surface area contributed by atoms with Crippen molar-refractivity contribution in [2.24, 2.45) is 0 Å². The van der Waals surface area contributed by atoms with Crippen molar-refractivity contribution >= 4 is 15.7 Å². The standard InChI is InChI=1S/C6H10O2Si/c1-3-5-6(7)8-9-4-2/h5H,1,4,9H2,2H3. The molecule has 0 rings (SSSR count). The summed E-state index contributed by atoms with van der Waals surface area (Å²) in [5, 5.41) is 0. The minimum atomic E-state index is -0.595. The van der Waals surface area contributed by atoms with Gasteiger partial charge in [0, 0.05) is 0 Å². The van der Waals surface area contributed by atoms with Gasteiger partial charge in [0.1, 0.15) is 0 Å². The summed E-state index contributed by atoms with van der Waals surface area (Å²) in [7, 11) is -0.595. The molecule has 0 radical (unpaired) electrons. The third-order valence-electron chi connectivity index (χ3n) is 0.668. The van der Waals surface area contributed by atoms with Gasteiger partial charge >= 0.3 is 5.97 Å². The van der Waals surface area contributed by atoms with Gasteiger partial charge in [-0.1, -0.05) is 13.5 Å². The van der Waals surface area contributed by atoms with Crippen LogP contribution in [0.5, 0.6) is 0 Å². The van der Waals surface area contributed by atoms with Crippen LogP contribution in [0.3, 0.4) is 0 Å². The van der Waals surface area contributed by atoms with Crippen LogP contribution in [0.25, 0.3) is 0 Å². The van der Waals surface area contributed by atoms with E-state index >= 15 is 0 Å². The molecule has 0 aliphatic carbocycles. The molecule has 0 spiro atoms. The molecule has 0 atom stereocenters. The highest BCUT2D eigenvalue weighted by Gasteiger charge is 1.91. The van der Waals surface area contributed by atoms with Gasteiger partial charge in [0.2, 0.25) is 9.76 Å². The van der Waals surface area contributed by atoms with Crippen molar-refractivity contribution in [3.63, 3.8) is 0 Å². The van der Waals surface area contributed by atoms with Gasteiger partial charge < -0.3 is 4.43 Å². The van der Waals surface area contributed by atoms with Crippen LogP contribution < -0.4 is 0 Å². The van der Waals surface area contributed by atoms with Crippen molar-refractivity contribution < 1.29 is 9.22 Å². The maximum Gasteiger partial charge on any atom is 0.324 e. The molecule has 0 aliphatic rings. The molecule has 0 aromatic carbocycles. The Bertz CT molecular complexity index is 136. The molecule has 9 heavy (non-hydrogen) atoms. The summed E-state index contributed by atoms with van der Waals surface area (Å²) in [5.41, 5.74) is 2.35. The summed E-state index contributed by atoms with van der Waals surface area (Å²) in [6, 6.07) is 0.983. The molecule has 50 valence electrons. The van der Waals surface area contributed by atoms with E-state index in [0.717, 1.165) is 6.04 Å². The Morgan fingerprint density at radius 2 is 2.67 bits per heavy atom. The zero-order valence-corrected chi connectivity index (χ0v) is 6.93. The molecule has 0 amide bonds. The molecule has 2 nitrogen and oxygen atoms in total. The molecule has 0 unspecified atom stereocenters. The summed E-state index contributed by atoms with van der Waals surface area (Å²) in [5.74, 6) is -0.307. The molecule has 0 bridgehead atoms. The molecule has 0 N–H and O–H groups in total. The molecule has 0 aromatic rings. The largest absolute Gasteiger partial charge is 0.521 e. The molecule has 0 aliphatic heterocycles. The van der Waals surface area contributed by atoms with E-state index in [-0.39, 0.29) is 5.97 Å². The quantitative estimate of drug-likeness (QED) is 0.324. The lowest BCUT2D eigenvalue weighted by Gasteiger charge is -1.94. The first-order chi connectivity index (χ1) is 4.31. The van der Waals surface area contributed by atoms with Crippen LogP contribution in [0, 0.1) is 0 Å². The normalized spacial score (nSPS) is 9.00. The average Bonchev–Trinajstić information content (AvgIpc) is 1.85. The van der Waals surface area contributed by atoms with Gasteiger partial charge in [0.25, 0.3) is 0 Å². The second kappa shape index (κ2) is 5.35. The topological polar surface area (TPSA) is 26.3 Å². The fourth-order valence-corrected chi connectivity index (χ4v) is 0.816. The smallest absolute Gasteiger partial charge is 0.324 e. The average molecular weight is 142 g/mol. The zero-order valence-electron chi connectivity index (χ0n) is 5.52. The lowest BCUT2D eigenvalue weighted by atomic mass is 10.6. The Labute approximate surface area is 57.2 Å². The summed E-state index contributed by atoms with van der Waals surface area (Å²) in [6.45, 7) is 5.24. The van der Waals surface area contributed by atoms with Crippen LogP contribution in [-0.4, -0.2) is 15.7 Å². The van der Waals surface area contributed by atoms with Gasteiger partial charge in [-0.3, -0.25) is 0 Å². The van der Waals surface area contributed by atoms with Crippen LogP contribution in [-0.2, 0) is 9.22 Å². The molecular formula is C6H10O2Si. The van der Waals surface area contributed by atoms with E-state index in [1.165, 1.54) is 6.08 Å². The second-order valence-corrected chi connectivity index (χ2v) is 3.21. The van der Waals surface area contributed by atoms with Gasteiger partial charge in [-0.05, 0) is 6.04 Å². The first-order valence-electron chi connectivity index (χ1n) is 2.83. The highest BCUT2D eigenvalue weighted by molar-refractivity contribution is 6.30. The van der Waals surface area contributed by atoms with Crippen molar-refractivity contribution in [1.82, 2.24) is 0 Å². The fraction of sp³-hybridized carbons (Fsp3) is 0.333. The Kier molecular flexibility index (Phi) is 4.87. The number of hydrogen-bond acceptors (Lipinski definition) is 2. The van der Waals surface area contributed by atoms with E-state index in [9.17, 15) is 4.79 Å². The highest BCUT2D eigenvalue weighted by atomic mass is 28.2. The summed E-state index contributed by atoms with van der Waals surface area (Å²) >= 11 is 0. The van der Waals surface area contributed by atoms with Crippen molar-refractivity contribution in [2.75, 3.05) is 0 Å². The van der Waals surface area contributed by atoms with Crippen molar-refractivity contribution in [2.45, 2.75) is 13.0 Å². The first-order valence-corrected chi connectivity index (χ1v) is 4.41. The Hall–Kier alpha value is -0.793. The number of carbonyl (C=O) groups is 1. The van der Waals surface area contributed by atoms with Crippen molar-refractivity contribution in [1.29, 1.82) is 0 Å². The Balaban J connectivity index is 3.39. The number of hydrogen-bond donors (Lipinski definition) is 0. The van der Waals surface area contributed by atoms with Gasteiger partial charge in [0.15, 0.2) is 0 Å². The zero-order chi connectivity index (χ0) is 7.11. The lowest BCUT2D eigenvalue weighted by Crippen LogP contribution is -2.03. The summed E-state index contributed by atoms with van der Waals surface area (Å²) in [4.78, 5) is 10.5. The van der Waals surface area contributed by atoms with Crippen molar-refractivity contribution in [3.05, 3.63) is 18.4 Å². The van der Waals surface area contributed by atoms with Gasteiger partial charge in [-0.2, -0.15) is 0 Å². The van der Waals surface area contributed by atoms with Gasteiger partial charge in [-0.15, -0.1) is 5.73 Å². The van der Waals surface area contributed by atoms with Crippen LogP contribution in [0.4, 0.5) is 0 Å². The Morgan fingerprint density at radius 3 is 3.11 bits per heavy atom. The van der Waals surface area contributed by atoms with E-state index in [1.54, 1.807) is 0 Å².